The zero-order valence-electron chi connectivity index (χ0n) is 13.8. The fourth-order valence-corrected chi connectivity index (χ4v) is 2.27. The molecule has 1 fully saturated rings. The highest BCUT2D eigenvalue weighted by Gasteiger charge is 2.23. The van der Waals surface area contributed by atoms with E-state index in [2.05, 4.69) is 45.9 Å². The molecule has 1 saturated carbocycles. The van der Waals surface area contributed by atoms with E-state index in [0.29, 0.717) is 0 Å². The standard InChI is InChI=1S/C18H29NO.ClH/c1-5-16(19)11-14-10-15(18(2,3)4)8-9-17(14)20-12-13-6-7-13;/h8-10,13,16H,5-7,11-12,19H2,1-4H3;1H. The summed E-state index contributed by atoms with van der Waals surface area (Å²) < 4.78 is 6.02. The van der Waals surface area contributed by atoms with Crippen LogP contribution in [0.4, 0.5) is 0 Å². The average molecular weight is 312 g/mol. The largest absolute Gasteiger partial charge is 0.493 e. The molecule has 2 N–H and O–H groups in total. The second-order valence-corrected chi connectivity index (χ2v) is 7.20. The van der Waals surface area contributed by atoms with Crippen LogP contribution in [0.3, 0.4) is 0 Å². The summed E-state index contributed by atoms with van der Waals surface area (Å²) >= 11 is 0. The van der Waals surface area contributed by atoms with Crippen LogP contribution >= 0.6 is 12.4 Å². The van der Waals surface area contributed by atoms with Crippen molar-refractivity contribution in [3.8, 4) is 5.75 Å². The summed E-state index contributed by atoms with van der Waals surface area (Å²) in [5.74, 6) is 1.82. The maximum absolute atomic E-state index is 6.15. The monoisotopic (exact) mass is 311 g/mol. The first kappa shape index (κ1) is 18.3. The summed E-state index contributed by atoms with van der Waals surface area (Å²) in [4.78, 5) is 0. The summed E-state index contributed by atoms with van der Waals surface area (Å²) in [5, 5.41) is 0. The van der Waals surface area contributed by atoms with Crippen molar-refractivity contribution in [3.05, 3.63) is 29.3 Å². The van der Waals surface area contributed by atoms with Crippen LogP contribution in [0.25, 0.3) is 0 Å². The second-order valence-electron chi connectivity index (χ2n) is 7.20. The number of hydrogen-bond acceptors (Lipinski definition) is 2. The Morgan fingerprint density at radius 2 is 1.95 bits per heavy atom. The zero-order valence-corrected chi connectivity index (χ0v) is 14.6. The van der Waals surface area contributed by atoms with Gasteiger partial charge in [0, 0.05) is 6.04 Å². The lowest BCUT2D eigenvalue weighted by Crippen LogP contribution is -2.22. The molecule has 1 aromatic rings. The highest BCUT2D eigenvalue weighted by molar-refractivity contribution is 5.85. The number of benzene rings is 1. The summed E-state index contributed by atoms with van der Waals surface area (Å²) in [6.45, 7) is 9.75. The van der Waals surface area contributed by atoms with Gasteiger partial charge < -0.3 is 10.5 Å². The zero-order chi connectivity index (χ0) is 14.8. The van der Waals surface area contributed by atoms with Gasteiger partial charge in [-0.15, -0.1) is 12.4 Å². The van der Waals surface area contributed by atoms with E-state index >= 15 is 0 Å². The molecule has 0 aliphatic heterocycles. The van der Waals surface area contributed by atoms with Crippen LogP contribution in [-0.4, -0.2) is 12.6 Å². The fourth-order valence-electron chi connectivity index (χ4n) is 2.27. The average Bonchev–Trinajstić information content (AvgIpc) is 3.20. The molecule has 0 bridgehead atoms. The van der Waals surface area contributed by atoms with Crippen LogP contribution < -0.4 is 10.5 Å². The van der Waals surface area contributed by atoms with Crippen molar-refractivity contribution >= 4 is 12.4 Å². The summed E-state index contributed by atoms with van der Waals surface area (Å²) in [7, 11) is 0. The molecular weight excluding hydrogens is 282 g/mol. The predicted octanol–water partition coefficient (Wildman–Crippen LogP) is 4.47. The molecule has 0 radical (unpaired) electrons. The van der Waals surface area contributed by atoms with Gasteiger partial charge in [0.05, 0.1) is 6.61 Å². The lowest BCUT2D eigenvalue weighted by atomic mass is 9.85. The SMILES string of the molecule is CCC(N)Cc1cc(C(C)(C)C)ccc1OCC1CC1.Cl. The Morgan fingerprint density at radius 1 is 1.29 bits per heavy atom. The maximum atomic E-state index is 6.15. The van der Waals surface area contributed by atoms with E-state index in [-0.39, 0.29) is 23.9 Å². The third-order valence-corrected chi connectivity index (χ3v) is 4.10. The number of ether oxygens (including phenoxy) is 1. The van der Waals surface area contributed by atoms with Gasteiger partial charge in [-0.1, -0.05) is 39.8 Å². The number of halogens is 1. The Hall–Kier alpha value is -0.730. The van der Waals surface area contributed by atoms with E-state index in [4.69, 9.17) is 10.5 Å². The first-order valence-corrected chi connectivity index (χ1v) is 7.92. The molecule has 21 heavy (non-hydrogen) atoms. The van der Waals surface area contributed by atoms with Crippen molar-refractivity contribution in [2.45, 2.75) is 64.8 Å². The molecule has 0 heterocycles. The Morgan fingerprint density at radius 3 is 2.48 bits per heavy atom. The fraction of sp³-hybridized carbons (Fsp3) is 0.667. The quantitative estimate of drug-likeness (QED) is 0.841. The van der Waals surface area contributed by atoms with Crippen LogP contribution in [0.2, 0.25) is 0 Å². The van der Waals surface area contributed by atoms with Crippen molar-refractivity contribution in [1.29, 1.82) is 0 Å². The van der Waals surface area contributed by atoms with Crippen molar-refractivity contribution < 1.29 is 4.74 Å². The molecule has 1 unspecified atom stereocenters. The van der Waals surface area contributed by atoms with Crippen LogP contribution in [-0.2, 0) is 11.8 Å². The van der Waals surface area contributed by atoms with Crippen molar-refractivity contribution in [2.75, 3.05) is 6.61 Å². The number of hydrogen-bond donors (Lipinski definition) is 1. The van der Waals surface area contributed by atoms with Gasteiger partial charge in [0.2, 0.25) is 0 Å². The molecule has 1 atom stereocenters. The molecule has 0 aromatic heterocycles. The third-order valence-electron chi connectivity index (χ3n) is 4.10. The molecule has 2 nitrogen and oxygen atoms in total. The summed E-state index contributed by atoms with van der Waals surface area (Å²) in [6, 6.07) is 6.84. The van der Waals surface area contributed by atoms with Crippen LogP contribution in [0.15, 0.2) is 18.2 Å². The molecule has 1 aliphatic carbocycles. The molecule has 0 saturated heterocycles. The summed E-state index contributed by atoms with van der Waals surface area (Å²) in [6.07, 6.45) is 4.55. The van der Waals surface area contributed by atoms with E-state index in [1.54, 1.807) is 0 Å². The van der Waals surface area contributed by atoms with Gasteiger partial charge in [0.15, 0.2) is 0 Å². The smallest absolute Gasteiger partial charge is 0.122 e. The predicted molar refractivity (Wildman–Crippen MR) is 92.6 cm³/mol. The van der Waals surface area contributed by atoms with E-state index in [1.807, 2.05) is 0 Å². The summed E-state index contributed by atoms with van der Waals surface area (Å²) in [5.41, 5.74) is 8.94. The van der Waals surface area contributed by atoms with Crippen molar-refractivity contribution in [1.82, 2.24) is 0 Å². The lowest BCUT2D eigenvalue weighted by Gasteiger charge is -2.22. The topological polar surface area (TPSA) is 35.2 Å². The van der Waals surface area contributed by atoms with Gasteiger partial charge >= 0.3 is 0 Å². The minimum atomic E-state index is 0. The minimum Gasteiger partial charge on any atom is -0.493 e. The van der Waals surface area contributed by atoms with Crippen LogP contribution in [0.1, 0.15) is 58.1 Å². The highest BCUT2D eigenvalue weighted by Crippen LogP contribution is 2.32. The first-order valence-electron chi connectivity index (χ1n) is 7.92. The maximum Gasteiger partial charge on any atom is 0.122 e. The van der Waals surface area contributed by atoms with Crippen molar-refractivity contribution in [3.63, 3.8) is 0 Å². The molecule has 2 rings (SSSR count). The van der Waals surface area contributed by atoms with E-state index in [0.717, 1.165) is 31.1 Å². The molecular formula is C18H30ClNO. The highest BCUT2D eigenvalue weighted by atomic mass is 35.5. The number of rotatable bonds is 6. The normalized spacial score (nSPS) is 16.2. The molecule has 0 amide bonds. The molecule has 0 spiro atoms. The second kappa shape index (κ2) is 7.51. The van der Waals surface area contributed by atoms with Crippen LogP contribution in [0.5, 0.6) is 5.75 Å². The Balaban J connectivity index is 0.00000220. The van der Waals surface area contributed by atoms with Gasteiger partial charge in [-0.05, 0) is 54.2 Å². The van der Waals surface area contributed by atoms with Gasteiger partial charge in [-0.25, -0.2) is 0 Å². The molecule has 1 aromatic carbocycles. The lowest BCUT2D eigenvalue weighted by molar-refractivity contribution is 0.296. The Labute approximate surface area is 135 Å². The van der Waals surface area contributed by atoms with E-state index in [1.165, 1.54) is 24.0 Å². The van der Waals surface area contributed by atoms with Crippen molar-refractivity contribution in [2.24, 2.45) is 11.7 Å². The van der Waals surface area contributed by atoms with Gasteiger partial charge in [0.1, 0.15) is 5.75 Å². The third kappa shape index (κ3) is 5.52. The van der Waals surface area contributed by atoms with E-state index in [9.17, 15) is 0 Å². The Kier molecular flexibility index (Phi) is 6.55. The van der Waals surface area contributed by atoms with Gasteiger partial charge in [-0.2, -0.15) is 0 Å². The number of nitrogens with two attached hydrogens (primary N) is 1. The molecule has 1 aliphatic rings. The van der Waals surface area contributed by atoms with Crippen LogP contribution in [0, 0.1) is 5.92 Å². The first-order chi connectivity index (χ1) is 9.40. The van der Waals surface area contributed by atoms with Gasteiger partial charge in [-0.3, -0.25) is 0 Å². The van der Waals surface area contributed by atoms with Gasteiger partial charge in [0.25, 0.3) is 0 Å². The molecule has 3 heteroatoms. The van der Waals surface area contributed by atoms with E-state index < -0.39 is 0 Å². The minimum absolute atomic E-state index is 0. The Bertz CT molecular complexity index is 449. The molecule has 120 valence electrons.